The maximum Gasteiger partial charge on any atom is 0.255 e. The quantitative estimate of drug-likeness (QED) is 0.738. The van der Waals surface area contributed by atoms with Gasteiger partial charge in [0.1, 0.15) is 5.75 Å². The van der Waals surface area contributed by atoms with E-state index in [4.69, 9.17) is 5.11 Å². The first kappa shape index (κ1) is 15.5. The zero-order valence-electron chi connectivity index (χ0n) is 11.9. The number of hydrogen-bond acceptors (Lipinski definition) is 3. The average molecular weight is 265 g/mol. The third-order valence-corrected chi connectivity index (χ3v) is 3.22. The molecule has 1 aromatic rings. The Balaban J connectivity index is 2.63. The molecule has 0 aromatic heterocycles. The summed E-state index contributed by atoms with van der Waals surface area (Å²) in [5.74, 6) is -0.230. The van der Waals surface area contributed by atoms with E-state index in [2.05, 4.69) is 5.32 Å². The molecule has 4 heteroatoms. The fourth-order valence-electron chi connectivity index (χ4n) is 1.90. The van der Waals surface area contributed by atoms with Crippen LogP contribution in [0.3, 0.4) is 0 Å². The second-order valence-electron chi connectivity index (χ2n) is 5.65. The maximum absolute atomic E-state index is 12.0. The molecule has 0 unspecified atom stereocenters. The third-order valence-electron chi connectivity index (χ3n) is 3.22. The lowest BCUT2D eigenvalue weighted by atomic mass is 9.88. The predicted molar refractivity (Wildman–Crippen MR) is 75.3 cm³/mol. The Labute approximate surface area is 114 Å². The number of amides is 1. The van der Waals surface area contributed by atoms with Gasteiger partial charge in [-0.1, -0.05) is 26.0 Å². The monoisotopic (exact) mass is 265 g/mol. The van der Waals surface area contributed by atoms with E-state index in [0.29, 0.717) is 17.7 Å². The van der Waals surface area contributed by atoms with Gasteiger partial charge in [-0.3, -0.25) is 4.79 Å². The number of aliphatic hydroxyl groups excluding tert-OH is 1. The van der Waals surface area contributed by atoms with E-state index in [0.717, 1.165) is 12.8 Å². The van der Waals surface area contributed by atoms with Crippen LogP contribution < -0.4 is 5.32 Å². The largest absolute Gasteiger partial charge is 0.507 e. The van der Waals surface area contributed by atoms with Crippen molar-refractivity contribution in [3.63, 3.8) is 0 Å². The van der Waals surface area contributed by atoms with Gasteiger partial charge in [0.05, 0.1) is 5.56 Å². The third kappa shape index (κ3) is 4.56. The highest BCUT2D eigenvalue weighted by Gasteiger charge is 2.20. The molecular weight excluding hydrogens is 242 g/mol. The average Bonchev–Trinajstić information content (AvgIpc) is 2.37. The Morgan fingerprint density at radius 2 is 2.05 bits per heavy atom. The predicted octanol–water partition coefficient (Wildman–Crippen LogP) is 2.23. The topological polar surface area (TPSA) is 69.6 Å². The molecule has 1 rings (SSSR count). The van der Waals surface area contributed by atoms with E-state index >= 15 is 0 Å². The summed E-state index contributed by atoms with van der Waals surface area (Å²) in [5.41, 5.74) is 0.919. The Kier molecular flexibility index (Phi) is 5.36. The van der Waals surface area contributed by atoms with Gasteiger partial charge in [-0.2, -0.15) is 0 Å². The highest BCUT2D eigenvalue weighted by Crippen LogP contribution is 2.23. The van der Waals surface area contributed by atoms with E-state index in [1.54, 1.807) is 25.1 Å². The van der Waals surface area contributed by atoms with Crippen LogP contribution in [0.4, 0.5) is 0 Å². The molecule has 0 saturated heterocycles. The van der Waals surface area contributed by atoms with Gasteiger partial charge in [0, 0.05) is 13.2 Å². The van der Waals surface area contributed by atoms with Crippen LogP contribution in [0.1, 0.15) is 42.6 Å². The van der Waals surface area contributed by atoms with E-state index in [1.165, 1.54) is 0 Å². The van der Waals surface area contributed by atoms with Gasteiger partial charge in [0.2, 0.25) is 0 Å². The Morgan fingerprint density at radius 3 is 2.68 bits per heavy atom. The lowest BCUT2D eigenvalue weighted by Gasteiger charge is -2.24. The Bertz CT molecular complexity index is 441. The number of carbonyl (C=O) groups is 1. The van der Waals surface area contributed by atoms with Crippen LogP contribution in [0.25, 0.3) is 0 Å². The second kappa shape index (κ2) is 6.57. The molecule has 0 aliphatic carbocycles. The van der Waals surface area contributed by atoms with Gasteiger partial charge in [-0.15, -0.1) is 0 Å². The van der Waals surface area contributed by atoms with E-state index in [1.807, 2.05) is 13.8 Å². The van der Waals surface area contributed by atoms with Crippen LogP contribution in [0.2, 0.25) is 0 Å². The molecule has 0 radical (unpaired) electrons. The summed E-state index contributed by atoms with van der Waals surface area (Å²) in [4.78, 5) is 12.0. The molecule has 19 heavy (non-hydrogen) atoms. The Morgan fingerprint density at radius 1 is 1.37 bits per heavy atom. The molecule has 0 fully saturated rings. The summed E-state index contributed by atoms with van der Waals surface area (Å²) in [6.07, 6.45) is 1.56. The van der Waals surface area contributed by atoms with Crippen LogP contribution in [-0.4, -0.2) is 29.3 Å². The van der Waals surface area contributed by atoms with E-state index < -0.39 is 0 Å². The smallest absolute Gasteiger partial charge is 0.255 e. The van der Waals surface area contributed by atoms with Crippen LogP contribution in [0.5, 0.6) is 5.75 Å². The fourth-order valence-corrected chi connectivity index (χ4v) is 1.90. The summed E-state index contributed by atoms with van der Waals surface area (Å²) in [5, 5.41) is 21.5. The zero-order valence-corrected chi connectivity index (χ0v) is 11.9. The summed E-state index contributed by atoms with van der Waals surface area (Å²) < 4.78 is 0. The van der Waals surface area contributed by atoms with Crippen molar-refractivity contribution in [2.24, 2.45) is 5.41 Å². The molecule has 4 nitrogen and oxygen atoms in total. The second-order valence-corrected chi connectivity index (χ2v) is 5.65. The number of phenols is 1. The number of nitrogens with one attached hydrogen (secondary N) is 1. The minimum atomic E-state index is -0.265. The number of rotatable bonds is 6. The molecule has 0 atom stereocenters. The van der Waals surface area contributed by atoms with Crippen LogP contribution in [-0.2, 0) is 0 Å². The van der Waals surface area contributed by atoms with Gasteiger partial charge in [0.25, 0.3) is 5.91 Å². The van der Waals surface area contributed by atoms with Crippen molar-refractivity contribution in [2.45, 2.75) is 33.6 Å². The molecule has 0 saturated carbocycles. The maximum atomic E-state index is 12.0. The zero-order chi connectivity index (χ0) is 14.5. The van der Waals surface area contributed by atoms with Crippen molar-refractivity contribution in [3.8, 4) is 5.75 Å². The first-order chi connectivity index (χ1) is 8.87. The lowest BCUT2D eigenvalue weighted by molar-refractivity contribution is 0.0930. The van der Waals surface area contributed by atoms with Gasteiger partial charge in [-0.05, 0) is 36.8 Å². The molecule has 0 heterocycles. The highest BCUT2D eigenvalue weighted by atomic mass is 16.3. The molecule has 0 aliphatic heterocycles. The number of phenolic OH excluding ortho intramolecular Hbond substituents is 1. The lowest BCUT2D eigenvalue weighted by Crippen LogP contribution is -2.34. The molecule has 0 bridgehead atoms. The first-order valence-corrected chi connectivity index (χ1v) is 6.55. The van der Waals surface area contributed by atoms with Crippen molar-refractivity contribution in [3.05, 3.63) is 29.3 Å². The minimum absolute atomic E-state index is 0.0353. The van der Waals surface area contributed by atoms with Crippen molar-refractivity contribution in [1.82, 2.24) is 5.32 Å². The van der Waals surface area contributed by atoms with Crippen molar-refractivity contribution < 1.29 is 15.0 Å². The summed E-state index contributed by atoms with van der Waals surface area (Å²) in [7, 11) is 0. The minimum Gasteiger partial charge on any atom is -0.507 e. The molecular formula is C15H23NO3. The molecule has 106 valence electrons. The molecule has 1 aromatic carbocycles. The molecule has 0 aliphatic rings. The molecule has 0 spiro atoms. The number of hydrogen-bond donors (Lipinski definition) is 3. The van der Waals surface area contributed by atoms with Gasteiger partial charge < -0.3 is 15.5 Å². The number of aromatic hydroxyl groups is 1. The normalized spacial score (nSPS) is 11.4. The standard InChI is InChI=1S/C15H23NO3/c1-11-6-4-7-12(13(11)18)14(19)16-10-15(2,3)8-5-9-17/h4,6-7,17-18H,5,8-10H2,1-3H3,(H,16,19). The number of benzene rings is 1. The molecule has 3 N–H and O–H groups in total. The summed E-state index contributed by atoms with van der Waals surface area (Å²) >= 11 is 0. The highest BCUT2D eigenvalue weighted by molar-refractivity contribution is 5.97. The number of aliphatic hydroxyl groups is 1. The van der Waals surface area contributed by atoms with E-state index in [9.17, 15) is 9.90 Å². The van der Waals surface area contributed by atoms with Gasteiger partial charge in [-0.25, -0.2) is 0 Å². The van der Waals surface area contributed by atoms with Gasteiger partial charge in [0.15, 0.2) is 0 Å². The van der Waals surface area contributed by atoms with Crippen LogP contribution in [0, 0.1) is 12.3 Å². The van der Waals surface area contributed by atoms with Crippen molar-refractivity contribution >= 4 is 5.91 Å². The summed E-state index contributed by atoms with van der Waals surface area (Å²) in [6.45, 7) is 6.52. The Hall–Kier alpha value is -1.55. The molecule has 1 amide bonds. The number of carbonyl (C=O) groups excluding carboxylic acids is 1. The van der Waals surface area contributed by atoms with E-state index in [-0.39, 0.29) is 23.7 Å². The van der Waals surface area contributed by atoms with Crippen molar-refractivity contribution in [1.29, 1.82) is 0 Å². The number of aryl methyl sites for hydroxylation is 1. The SMILES string of the molecule is Cc1cccc(C(=O)NCC(C)(C)CCCO)c1O. The van der Waals surface area contributed by atoms with Gasteiger partial charge >= 0.3 is 0 Å². The van der Waals surface area contributed by atoms with Crippen molar-refractivity contribution in [2.75, 3.05) is 13.2 Å². The first-order valence-electron chi connectivity index (χ1n) is 6.55. The van der Waals surface area contributed by atoms with Crippen LogP contribution >= 0.6 is 0 Å². The van der Waals surface area contributed by atoms with Crippen LogP contribution in [0.15, 0.2) is 18.2 Å². The number of para-hydroxylation sites is 1. The fraction of sp³-hybridized carbons (Fsp3) is 0.533. The summed E-state index contributed by atoms with van der Waals surface area (Å²) in [6, 6.07) is 5.12.